The molecule has 0 fully saturated rings. The summed E-state index contributed by atoms with van der Waals surface area (Å²) in [6, 6.07) is 2.29. The molecule has 0 heterocycles. The Morgan fingerprint density at radius 3 is 2.55 bits per heavy atom. The fraction of sp³-hybridized carbons (Fsp3) is 0.500. The molecule has 0 atom stereocenters. The molecule has 8 heteroatoms. The van der Waals surface area contributed by atoms with Gasteiger partial charge in [0, 0.05) is 13.1 Å². The third kappa shape index (κ3) is 4.80. The van der Waals surface area contributed by atoms with Crippen molar-refractivity contribution < 1.29 is 27.8 Å². The number of anilines is 1. The van der Waals surface area contributed by atoms with Gasteiger partial charge in [-0.1, -0.05) is 0 Å². The Morgan fingerprint density at radius 2 is 2.05 bits per heavy atom. The fourth-order valence-corrected chi connectivity index (χ4v) is 1.80. The van der Waals surface area contributed by atoms with Crippen molar-refractivity contribution in [3.05, 3.63) is 23.8 Å². The molecule has 1 rings (SSSR count). The number of amides is 2. The summed E-state index contributed by atoms with van der Waals surface area (Å²) in [6.07, 6.45) is -4.51. The van der Waals surface area contributed by atoms with Gasteiger partial charge in [0.1, 0.15) is 5.75 Å². The Balaban J connectivity index is 3.06. The van der Waals surface area contributed by atoms with Gasteiger partial charge in [0.2, 0.25) is 0 Å². The number of benzene rings is 1. The molecule has 5 nitrogen and oxygen atoms in total. The second-order valence-electron chi connectivity index (χ2n) is 4.38. The topological polar surface area (TPSA) is 61.8 Å². The number of nitrogens with one attached hydrogen (secondary N) is 1. The predicted molar refractivity (Wildman–Crippen MR) is 76.0 cm³/mol. The first-order chi connectivity index (χ1) is 10.3. The monoisotopic (exact) mass is 320 g/mol. The minimum absolute atomic E-state index is 0.0573. The number of aliphatic hydroxyl groups excluding tert-OH is 1. The number of hydrogen-bond donors (Lipinski definition) is 2. The van der Waals surface area contributed by atoms with Crippen LogP contribution < -0.4 is 10.1 Å². The summed E-state index contributed by atoms with van der Waals surface area (Å²) < 4.78 is 43.5. The van der Waals surface area contributed by atoms with Crippen LogP contribution in [0.3, 0.4) is 0 Å². The van der Waals surface area contributed by atoms with Crippen LogP contribution in [0.1, 0.15) is 19.4 Å². The van der Waals surface area contributed by atoms with Crippen LogP contribution in [0.5, 0.6) is 5.75 Å². The molecule has 1 aromatic carbocycles. The van der Waals surface area contributed by atoms with E-state index in [0.717, 1.165) is 12.1 Å². The summed E-state index contributed by atoms with van der Waals surface area (Å²) in [7, 11) is 0. The van der Waals surface area contributed by atoms with Crippen LogP contribution >= 0.6 is 0 Å². The third-order valence-electron chi connectivity index (χ3n) is 2.89. The van der Waals surface area contributed by atoms with E-state index in [2.05, 4.69) is 5.32 Å². The molecule has 124 valence electrons. The Labute approximate surface area is 126 Å². The molecule has 0 radical (unpaired) electrons. The van der Waals surface area contributed by atoms with Crippen molar-refractivity contribution in [2.24, 2.45) is 0 Å². The van der Waals surface area contributed by atoms with E-state index in [-0.39, 0.29) is 31.2 Å². The van der Waals surface area contributed by atoms with Gasteiger partial charge in [-0.15, -0.1) is 0 Å². The lowest BCUT2D eigenvalue weighted by Gasteiger charge is -2.21. The second-order valence-corrected chi connectivity index (χ2v) is 4.38. The number of urea groups is 1. The number of alkyl halides is 3. The van der Waals surface area contributed by atoms with Crippen molar-refractivity contribution in [2.45, 2.75) is 20.0 Å². The lowest BCUT2D eigenvalue weighted by molar-refractivity contribution is -0.137. The van der Waals surface area contributed by atoms with E-state index >= 15 is 0 Å². The van der Waals surface area contributed by atoms with Crippen LogP contribution in [-0.2, 0) is 6.18 Å². The predicted octanol–water partition coefficient (Wildman–Crippen LogP) is 2.95. The number of carbonyl (C=O) groups excluding carboxylic acids is 1. The Kier molecular flexibility index (Phi) is 6.48. The van der Waals surface area contributed by atoms with Gasteiger partial charge < -0.3 is 20.1 Å². The maximum atomic E-state index is 12.8. The van der Waals surface area contributed by atoms with Crippen LogP contribution in [0.25, 0.3) is 0 Å². The highest BCUT2D eigenvalue weighted by atomic mass is 19.4. The smallest absolute Gasteiger partial charge is 0.416 e. The number of likely N-dealkylation sites (N-methyl/N-ethyl adjacent to an activating group) is 1. The van der Waals surface area contributed by atoms with E-state index in [1.807, 2.05) is 0 Å². The van der Waals surface area contributed by atoms with E-state index in [0.29, 0.717) is 6.54 Å². The first kappa shape index (κ1) is 18.1. The Morgan fingerprint density at radius 1 is 1.36 bits per heavy atom. The summed E-state index contributed by atoms with van der Waals surface area (Å²) in [4.78, 5) is 13.3. The third-order valence-corrected chi connectivity index (χ3v) is 2.89. The number of nitrogens with zero attached hydrogens (tertiary/aromatic N) is 1. The van der Waals surface area contributed by atoms with Gasteiger partial charge in [-0.3, -0.25) is 0 Å². The van der Waals surface area contributed by atoms with Crippen molar-refractivity contribution in [3.63, 3.8) is 0 Å². The molecular weight excluding hydrogens is 301 g/mol. The standard InChI is InChI=1S/C14H19F3N2O3/c1-3-19(7-8-20)13(21)18-11-9-10(14(15,16)17)5-6-12(11)22-4-2/h5-6,9,20H,3-4,7-8H2,1-2H3,(H,18,21). The van der Waals surface area contributed by atoms with Crippen molar-refractivity contribution in [1.29, 1.82) is 0 Å². The van der Waals surface area contributed by atoms with Crippen LogP contribution in [0.15, 0.2) is 18.2 Å². The summed E-state index contributed by atoms with van der Waals surface area (Å²) in [5, 5.41) is 11.3. The molecule has 0 saturated carbocycles. The second kappa shape index (κ2) is 7.88. The Bertz CT molecular complexity index is 507. The largest absolute Gasteiger partial charge is 0.492 e. The fourth-order valence-electron chi connectivity index (χ4n) is 1.80. The van der Waals surface area contributed by atoms with Gasteiger partial charge in [0.05, 0.1) is 24.5 Å². The van der Waals surface area contributed by atoms with E-state index in [4.69, 9.17) is 9.84 Å². The van der Waals surface area contributed by atoms with Crippen LogP contribution in [-0.4, -0.2) is 42.3 Å². The highest BCUT2D eigenvalue weighted by Crippen LogP contribution is 2.35. The van der Waals surface area contributed by atoms with Crippen molar-refractivity contribution in [3.8, 4) is 5.75 Å². The molecule has 0 aliphatic rings. The molecule has 0 spiro atoms. The molecule has 0 aromatic heterocycles. The van der Waals surface area contributed by atoms with Crippen LogP contribution in [0.4, 0.5) is 23.7 Å². The Hall–Kier alpha value is -1.96. The number of ether oxygens (including phenoxy) is 1. The van der Waals surface area contributed by atoms with Gasteiger partial charge in [0.25, 0.3) is 0 Å². The number of aliphatic hydroxyl groups is 1. The first-order valence-corrected chi connectivity index (χ1v) is 6.84. The average Bonchev–Trinajstić information content (AvgIpc) is 2.45. The van der Waals surface area contributed by atoms with E-state index in [1.165, 1.54) is 11.0 Å². The minimum atomic E-state index is -4.51. The van der Waals surface area contributed by atoms with Gasteiger partial charge in [-0.25, -0.2) is 4.79 Å². The first-order valence-electron chi connectivity index (χ1n) is 6.84. The summed E-state index contributed by atoms with van der Waals surface area (Å²) in [6.45, 7) is 3.81. The molecule has 22 heavy (non-hydrogen) atoms. The lowest BCUT2D eigenvalue weighted by Crippen LogP contribution is -2.37. The molecule has 1 aromatic rings. The summed E-state index contributed by atoms with van der Waals surface area (Å²) >= 11 is 0. The average molecular weight is 320 g/mol. The highest BCUT2D eigenvalue weighted by molar-refractivity contribution is 5.91. The summed E-state index contributed by atoms with van der Waals surface area (Å²) in [5.41, 5.74) is -0.936. The van der Waals surface area contributed by atoms with E-state index in [1.54, 1.807) is 13.8 Å². The van der Waals surface area contributed by atoms with E-state index in [9.17, 15) is 18.0 Å². The van der Waals surface area contributed by atoms with Crippen molar-refractivity contribution in [1.82, 2.24) is 4.90 Å². The normalized spacial score (nSPS) is 11.2. The zero-order valence-electron chi connectivity index (χ0n) is 12.4. The molecular formula is C14H19F3N2O3. The SMILES string of the molecule is CCOc1ccc(C(F)(F)F)cc1NC(=O)N(CC)CCO. The van der Waals surface area contributed by atoms with Gasteiger partial charge in [0.15, 0.2) is 0 Å². The quantitative estimate of drug-likeness (QED) is 0.847. The zero-order chi connectivity index (χ0) is 16.8. The van der Waals surface area contributed by atoms with E-state index < -0.39 is 17.8 Å². The highest BCUT2D eigenvalue weighted by Gasteiger charge is 2.31. The molecule has 0 unspecified atom stereocenters. The number of hydrogen-bond acceptors (Lipinski definition) is 3. The maximum absolute atomic E-state index is 12.8. The molecule has 2 N–H and O–H groups in total. The van der Waals surface area contributed by atoms with Gasteiger partial charge in [-0.2, -0.15) is 13.2 Å². The van der Waals surface area contributed by atoms with Crippen molar-refractivity contribution >= 4 is 11.7 Å². The number of halogens is 3. The zero-order valence-corrected chi connectivity index (χ0v) is 12.4. The summed E-state index contributed by atoms with van der Waals surface area (Å²) in [5.74, 6) is 0.156. The van der Waals surface area contributed by atoms with Crippen molar-refractivity contribution in [2.75, 3.05) is 31.6 Å². The van der Waals surface area contributed by atoms with Gasteiger partial charge >= 0.3 is 12.2 Å². The molecule has 0 aliphatic carbocycles. The minimum Gasteiger partial charge on any atom is -0.492 e. The number of rotatable bonds is 6. The lowest BCUT2D eigenvalue weighted by atomic mass is 10.2. The molecule has 2 amide bonds. The maximum Gasteiger partial charge on any atom is 0.416 e. The van der Waals surface area contributed by atoms with Gasteiger partial charge in [-0.05, 0) is 32.0 Å². The van der Waals surface area contributed by atoms with Crippen LogP contribution in [0.2, 0.25) is 0 Å². The number of carbonyl (C=O) groups is 1. The molecule has 0 aliphatic heterocycles. The molecule has 0 saturated heterocycles. The van der Waals surface area contributed by atoms with Crippen LogP contribution in [0, 0.1) is 0 Å². The molecule has 0 bridgehead atoms.